The van der Waals surface area contributed by atoms with E-state index >= 15 is 0 Å². The lowest BCUT2D eigenvalue weighted by Gasteiger charge is -2.49. The fourth-order valence-corrected chi connectivity index (χ4v) is 6.30. The van der Waals surface area contributed by atoms with Gasteiger partial charge < -0.3 is 43.2 Å². The zero-order chi connectivity index (χ0) is 32.5. The van der Waals surface area contributed by atoms with E-state index in [4.69, 9.17) is 37.9 Å². The van der Waals surface area contributed by atoms with Gasteiger partial charge in [0.05, 0.1) is 46.2 Å². The SMILES string of the molecule is COCCOCCOCCOCCOC(=O)OCOc1ccc2c(c1)[C@@]1(C)CCCCC[C@@H](C2)[C@@H]1NC(=O)OCc1ccccc1. The third-order valence-electron chi connectivity index (χ3n) is 8.62. The Morgan fingerprint density at radius 3 is 2.28 bits per heavy atom. The van der Waals surface area contributed by atoms with Crippen molar-refractivity contribution < 1.29 is 47.5 Å². The Morgan fingerprint density at radius 2 is 1.54 bits per heavy atom. The molecule has 0 unspecified atom stereocenters. The first kappa shape index (κ1) is 35.5. The van der Waals surface area contributed by atoms with Crippen molar-refractivity contribution in [3.8, 4) is 5.75 Å². The van der Waals surface area contributed by atoms with Crippen LogP contribution in [0.3, 0.4) is 0 Å². The predicted molar refractivity (Wildman–Crippen MR) is 170 cm³/mol. The van der Waals surface area contributed by atoms with Crippen molar-refractivity contribution in [3.63, 3.8) is 0 Å². The van der Waals surface area contributed by atoms with Gasteiger partial charge >= 0.3 is 12.2 Å². The molecule has 0 radical (unpaired) electrons. The quantitative estimate of drug-likeness (QED) is 0.126. The number of hydrogen-bond donors (Lipinski definition) is 1. The summed E-state index contributed by atoms with van der Waals surface area (Å²) < 4.78 is 42.6. The van der Waals surface area contributed by atoms with Crippen LogP contribution in [0.2, 0.25) is 0 Å². The topological polar surface area (TPSA) is 120 Å². The van der Waals surface area contributed by atoms with Crippen molar-refractivity contribution in [2.24, 2.45) is 5.92 Å². The van der Waals surface area contributed by atoms with Crippen LogP contribution in [0.15, 0.2) is 48.5 Å². The molecule has 11 heteroatoms. The summed E-state index contributed by atoms with van der Waals surface area (Å²) in [6, 6.07) is 15.6. The first-order valence-corrected chi connectivity index (χ1v) is 16.2. The zero-order valence-corrected chi connectivity index (χ0v) is 27.2. The van der Waals surface area contributed by atoms with Gasteiger partial charge in [0, 0.05) is 18.6 Å². The van der Waals surface area contributed by atoms with Crippen molar-refractivity contribution in [3.05, 3.63) is 65.2 Å². The van der Waals surface area contributed by atoms with Gasteiger partial charge in [-0.25, -0.2) is 9.59 Å². The number of nitrogens with one attached hydrogen (secondary N) is 1. The van der Waals surface area contributed by atoms with Crippen LogP contribution in [-0.2, 0) is 51.6 Å². The number of alkyl carbamates (subject to hydrolysis) is 1. The van der Waals surface area contributed by atoms with E-state index in [1.165, 1.54) is 12.0 Å². The molecule has 0 saturated heterocycles. The highest BCUT2D eigenvalue weighted by molar-refractivity contribution is 5.68. The van der Waals surface area contributed by atoms with E-state index in [0.717, 1.165) is 43.2 Å². The highest BCUT2D eigenvalue weighted by Gasteiger charge is 2.46. The highest BCUT2D eigenvalue weighted by Crippen LogP contribution is 2.47. The monoisotopic (exact) mass is 643 g/mol. The van der Waals surface area contributed by atoms with Gasteiger partial charge in [-0.15, -0.1) is 0 Å². The Balaban J connectivity index is 1.21. The normalized spacial score (nSPS) is 20.5. The van der Waals surface area contributed by atoms with Gasteiger partial charge in [-0.1, -0.05) is 62.6 Å². The van der Waals surface area contributed by atoms with Gasteiger partial charge in [0.2, 0.25) is 6.79 Å². The molecule has 2 aliphatic rings. The molecule has 11 nitrogen and oxygen atoms in total. The smallest absolute Gasteiger partial charge is 0.457 e. The van der Waals surface area contributed by atoms with Gasteiger partial charge in [-0.05, 0) is 54.0 Å². The molecule has 1 fully saturated rings. The lowest BCUT2D eigenvalue weighted by atomic mass is 9.59. The van der Waals surface area contributed by atoms with E-state index in [1.807, 2.05) is 42.5 Å². The molecule has 0 aromatic heterocycles. The molecule has 1 N–H and O–H groups in total. The van der Waals surface area contributed by atoms with Crippen LogP contribution in [-0.4, -0.2) is 85.0 Å². The minimum Gasteiger partial charge on any atom is -0.457 e. The summed E-state index contributed by atoms with van der Waals surface area (Å²) in [5, 5.41) is 3.25. The van der Waals surface area contributed by atoms with Crippen molar-refractivity contribution in [1.82, 2.24) is 5.32 Å². The molecular formula is C35H49NO10. The molecular weight excluding hydrogens is 594 g/mol. The molecule has 2 aromatic rings. The van der Waals surface area contributed by atoms with Crippen LogP contribution in [0.4, 0.5) is 9.59 Å². The molecule has 1 saturated carbocycles. The van der Waals surface area contributed by atoms with E-state index in [-0.39, 0.29) is 38.1 Å². The summed E-state index contributed by atoms with van der Waals surface area (Å²) in [7, 11) is 1.63. The number of methoxy groups -OCH3 is 1. The molecule has 3 atom stereocenters. The molecule has 0 heterocycles. The van der Waals surface area contributed by atoms with E-state index < -0.39 is 12.2 Å². The largest absolute Gasteiger partial charge is 0.511 e. The maximum atomic E-state index is 13.0. The van der Waals surface area contributed by atoms with Crippen LogP contribution in [0.25, 0.3) is 0 Å². The second-order valence-corrected chi connectivity index (χ2v) is 11.8. The second kappa shape index (κ2) is 19.3. The third-order valence-corrected chi connectivity index (χ3v) is 8.62. The summed E-state index contributed by atoms with van der Waals surface area (Å²) in [6.45, 7) is 5.31. The average molecular weight is 644 g/mol. The van der Waals surface area contributed by atoms with Gasteiger partial charge in [0.1, 0.15) is 19.0 Å². The minimum atomic E-state index is -0.834. The van der Waals surface area contributed by atoms with E-state index in [1.54, 1.807) is 7.11 Å². The van der Waals surface area contributed by atoms with Gasteiger partial charge in [0.15, 0.2) is 0 Å². The third kappa shape index (κ3) is 11.2. The molecule has 0 spiro atoms. The summed E-state index contributed by atoms with van der Waals surface area (Å²) in [5.41, 5.74) is 3.06. The van der Waals surface area contributed by atoms with E-state index in [0.29, 0.717) is 51.3 Å². The molecule has 254 valence electrons. The van der Waals surface area contributed by atoms with Crippen LogP contribution in [0.5, 0.6) is 5.75 Å². The standard InChI is InChI=1S/C35H49NO10/c1-35-14-8-4-7-11-29(32(35)36-33(37)44-25-27-9-5-3-6-10-27)23-28-12-13-30(24-31(28)35)45-26-46-34(38)43-22-21-42-20-19-41-18-17-40-16-15-39-2/h3,5-6,9-10,12-13,24,29,32H,4,7-8,11,14-23,25-26H2,1-2H3,(H,36,37)/t29-,32-,35+/m0/s1. The highest BCUT2D eigenvalue weighted by atomic mass is 16.8. The molecule has 4 rings (SSSR count). The Bertz CT molecular complexity index is 1200. The van der Waals surface area contributed by atoms with Crippen molar-refractivity contribution in [1.29, 1.82) is 0 Å². The number of carbonyl (C=O) groups excluding carboxylic acids is 2. The van der Waals surface area contributed by atoms with Gasteiger partial charge in [-0.2, -0.15) is 0 Å². The predicted octanol–water partition coefficient (Wildman–Crippen LogP) is 5.56. The lowest BCUT2D eigenvalue weighted by molar-refractivity contribution is -0.0201. The number of rotatable bonds is 18. The van der Waals surface area contributed by atoms with Crippen molar-refractivity contribution in [2.45, 2.75) is 63.5 Å². The summed E-state index contributed by atoms with van der Waals surface area (Å²) in [6.07, 6.45) is 5.01. The number of hydrogen-bond acceptors (Lipinski definition) is 10. The van der Waals surface area contributed by atoms with Crippen LogP contribution in [0, 0.1) is 5.92 Å². The number of ether oxygens (including phenoxy) is 8. The first-order valence-electron chi connectivity index (χ1n) is 16.2. The number of benzene rings is 2. The maximum absolute atomic E-state index is 13.0. The Kier molecular flexibility index (Phi) is 14.9. The van der Waals surface area contributed by atoms with Crippen molar-refractivity contribution in [2.75, 3.05) is 66.8 Å². The van der Waals surface area contributed by atoms with E-state index in [9.17, 15) is 9.59 Å². The number of carbonyl (C=O) groups is 2. The number of amides is 1. The maximum Gasteiger partial charge on any atom is 0.511 e. The number of fused-ring (bicyclic) bond motifs is 4. The molecule has 2 bridgehead atoms. The summed E-state index contributed by atoms with van der Waals surface area (Å²) in [5.74, 6) is 0.903. The lowest BCUT2D eigenvalue weighted by Crippen LogP contribution is -2.57. The zero-order valence-electron chi connectivity index (χ0n) is 27.2. The van der Waals surface area contributed by atoms with E-state index in [2.05, 4.69) is 18.3 Å². The Morgan fingerprint density at radius 1 is 0.826 bits per heavy atom. The fourth-order valence-electron chi connectivity index (χ4n) is 6.30. The van der Waals surface area contributed by atoms with Crippen molar-refractivity contribution >= 4 is 12.2 Å². The van der Waals surface area contributed by atoms with Gasteiger partial charge in [0.25, 0.3) is 0 Å². The molecule has 2 aliphatic carbocycles. The van der Waals surface area contributed by atoms with Crippen LogP contribution >= 0.6 is 0 Å². The Hall–Kier alpha value is -3.38. The molecule has 1 amide bonds. The van der Waals surface area contributed by atoms with Crippen LogP contribution in [0.1, 0.15) is 55.7 Å². The van der Waals surface area contributed by atoms with Crippen LogP contribution < -0.4 is 10.1 Å². The first-order chi connectivity index (χ1) is 22.5. The molecule has 0 aliphatic heterocycles. The summed E-state index contributed by atoms with van der Waals surface area (Å²) >= 11 is 0. The fraction of sp³-hybridized carbons (Fsp3) is 0.600. The summed E-state index contributed by atoms with van der Waals surface area (Å²) in [4.78, 5) is 25.0. The second-order valence-electron chi connectivity index (χ2n) is 11.8. The molecule has 46 heavy (non-hydrogen) atoms. The molecule has 2 aromatic carbocycles. The van der Waals surface area contributed by atoms with Gasteiger partial charge in [-0.3, -0.25) is 0 Å². The minimum absolute atomic E-state index is 0.0551. The average Bonchev–Trinajstić information content (AvgIpc) is 3.06. The Labute approximate surface area is 272 Å².